The van der Waals surface area contributed by atoms with Crippen molar-refractivity contribution in [3.8, 4) is 0 Å². The van der Waals surface area contributed by atoms with Crippen molar-refractivity contribution in [2.45, 2.75) is 6.54 Å². The Morgan fingerprint density at radius 2 is 2.21 bits per heavy atom. The molecule has 1 aromatic carbocycles. The second kappa shape index (κ2) is 5.71. The minimum atomic E-state index is -1.15. The largest absolute Gasteiger partial charge is 0.478 e. The first-order valence-corrected chi connectivity index (χ1v) is 7.12. The van der Waals surface area contributed by atoms with E-state index in [0.29, 0.717) is 12.2 Å². The van der Waals surface area contributed by atoms with Crippen molar-refractivity contribution in [1.29, 1.82) is 0 Å². The third kappa shape index (κ3) is 2.96. The Labute approximate surface area is 122 Å². The van der Waals surface area contributed by atoms with E-state index in [1.54, 1.807) is 23.3 Å². The molecule has 2 rings (SSSR count). The normalized spacial score (nSPS) is 10.5. The number of rotatable bonds is 4. The van der Waals surface area contributed by atoms with Crippen molar-refractivity contribution >= 4 is 38.9 Å². The van der Waals surface area contributed by atoms with Crippen molar-refractivity contribution in [2.75, 3.05) is 11.9 Å². The first kappa shape index (κ1) is 14.0. The van der Waals surface area contributed by atoms with Crippen LogP contribution in [0.25, 0.3) is 0 Å². The third-order valence-corrected chi connectivity index (χ3v) is 4.31. The predicted octanol–water partition coefficient (Wildman–Crippen LogP) is 3.98. The highest BCUT2D eigenvalue weighted by Gasteiger charge is 2.18. The molecule has 0 aliphatic heterocycles. The zero-order chi connectivity index (χ0) is 14.0. The van der Waals surface area contributed by atoms with E-state index < -0.39 is 11.8 Å². The van der Waals surface area contributed by atoms with E-state index in [1.165, 1.54) is 12.1 Å². The van der Waals surface area contributed by atoms with Crippen molar-refractivity contribution in [1.82, 2.24) is 0 Å². The Balaban J connectivity index is 2.30. The molecule has 0 fully saturated rings. The Hall–Kier alpha value is -1.40. The number of nitrogens with zero attached hydrogens (tertiary/aromatic N) is 1. The molecule has 0 bridgehead atoms. The zero-order valence-corrected chi connectivity index (χ0v) is 12.5. The van der Waals surface area contributed by atoms with Gasteiger partial charge in [0.15, 0.2) is 5.82 Å². The van der Waals surface area contributed by atoms with Gasteiger partial charge < -0.3 is 10.0 Å². The summed E-state index contributed by atoms with van der Waals surface area (Å²) in [7, 11) is 1.77. The van der Waals surface area contributed by atoms with E-state index in [1.807, 2.05) is 17.5 Å². The molecule has 1 N–H and O–H groups in total. The molecule has 0 spiro atoms. The summed E-state index contributed by atoms with van der Waals surface area (Å²) in [6.45, 7) is 0.577. The highest BCUT2D eigenvalue weighted by molar-refractivity contribution is 9.10. The molecule has 0 saturated carbocycles. The monoisotopic (exact) mass is 343 g/mol. The molecule has 0 unspecified atom stereocenters. The van der Waals surface area contributed by atoms with Gasteiger partial charge in [0, 0.05) is 11.9 Å². The lowest BCUT2D eigenvalue weighted by atomic mass is 10.2. The summed E-state index contributed by atoms with van der Waals surface area (Å²) in [5.74, 6) is -1.71. The molecule has 0 radical (unpaired) electrons. The van der Waals surface area contributed by atoms with Crippen LogP contribution >= 0.6 is 27.3 Å². The molecular formula is C13H11BrFNO2S. The van der Waals surface area contributed by atoms with Gasteiger partial charge in [-0.3, -0.25) is 0 Å². The molecule has 0 amide bonds. The first-order chi connectivity index (χ1) is 9.00. The van der Waals surface area contributed by atoms with Gasteiger partial charge in [-0.05, 0) is 39.5 Å². The Morgan fingerprint density at radius 3 is 2.79 bits per heavy atom. The Bertz CT molecular complexity index is 601. The van der Waals surface area contributed by atoms with Crippen LogP contribution in [0.1, 0.15) is 15.2 Å². The molecular weight excluding hydrogens is 333 g/mol. The number of anilines is 1. The zero-order valence-electron chi connectivity index (χ0n) is 10.1. The minimum Gasteiger partial charge on any atom is -0.478 e. The molecule has 0 aliphatic rings. The van der Waals surface area contributed by atoms with Crippen molar-refractivity contribution in [3.05, 3.63) is 50.4 Å². The lowest BCUT2D eigenvalue weighted by molar-refractivity contribution is 0.0695. The van der Waals surface area contributed by atoms with Crippen LogP contribution in [0.3, 0.4) is 0 Å². The number of halogens is 2. The van der Waals surface area contributed by atoms with Crippen LogP contribution < -0.4 is 4.90 Å². The van der Waals surface area contributed by atoms with Gasteiger partial charge in [-0.15, -0.1) is 11.3 Å². The average Bonchev–Trinajstić information content (AvgIpc) is 2.84. The summed E-state index contributed by atoms with van der Waals surface area (Å²) < 4.78 is 14.1. The fraction of sp³-hybridized carbons (Fsp3) is 0.154. The molecule has 0 aliphatic carbocycles. The molecule has 0 atom stereocenters. The van der Waals surface area contributed by atoms with E-state index in [0.717, 1.165) is 4.88 Å². The predicted molar refractivity (Wildman–Crippen MR) is 77.5 cm³/mol. The highest BCUT2D eigenvalue weighted by Crippen LogP contribution is 2.30. The van der Waals surface area contributed by atoms with Gasteiger partial charge in [0.05, 0.1) is 22.3 Å². The highest BCUT2D eigenvalue weighted by atomic mass is 79.9. The minimum absolute atomic E-state index is 0.0180. The van der Waals surface area contributed by atoms with Gasteiger partial charge in [0.1, 0.15) is 0 Å². The molecule has 6 heteroatoms. The summed E-state index contributed by atoms with van der Waals surface area (Å²) in [6, 6.07) is 6.79. The van der Waals surface area contributed by atoms with Crippen molar-refractivity contribution in [2.24, 2.45) is 0 Å². The van der Waals surface area contributed by atoms with Gasteiger partial charge in [0.25, 0.3) is 0 Å². The number of carbonyl (C=O) groups is 1. The van der Waals surface area contributed by atoms with E-state index in [4.69, 9.17) is 5.11 Å². The SMILES string of the molecule is CN(Cc1cccs1)c1ccc(C(=O)O)c(Br)c1F. The van der Waals surface area contributed by atoms with Crippen LogP contribution in [-0.2, 0) is 6.54 Å². The number of thiophene rings is 1. The first-order valence-electron chi connectivity index (χ1n) is 5.45. The van der Waals surface area contributed by atoms with Crippen LogP contribution in [0.5, 0.6) is 0 Å². The number of carboxylic acid groups (broad SMARTS) is 1. The smallest absolute Gasteiger partial charge is 0.336 e. The van der Waals surface area contributed by atoms with Gasteiger partial charge >= 0.3 is 5.97 Å². The average molecular weight is 344 g/mol. The Kier molecular flexibility index (Phi) is 4.21. The second-order valence-electron chi connectivity index (χ2n) is 4.00. The topological polar surface area (TPSA) is 40.5 Å². The number of hydrogen-bond donors (Lipinski definition) is 1. The fourth-order valence-corrected chi connectivity index (χ4v) is 2.98. The van der Waals surface area contributed by atoms with Gasteiger partial charge in [-0.1, -0.05) is 6.07 Å². The standard InChI is InChI=1S/C13H11BrFNO2S/c1-16(7-8-3-2-6-19-8)10-5-4-9(13(17)18)11(14)12(10)15/h2-6H,7H2,1H3,(H,17,18). The molecule has 3 nitrogen and oxygen atoms in total. The second-order valence-corrected chi connectivity index (χ2v) is 5.83. The maximum absolute atomic E-state index is 14.2. The van der Waals surface area contributed by atoms with E-state index in [9.17, 15) is 9.18 Å². The quantitative estimate of drug-likeness (QED) is 0.912. The summed E-state index contributed by atoms with van der Waals surface area (Å²) in [5.41, 5.74) is 0.288. The summed E-state index contributed by atoms with van der Waals surface area (Å²) in [5, 5.41) is 10.9. The van der Waals surface area contributed by atoms with Crippen LogP contribution in [0, 0.1) is 5.82 Å². The van der Waals surface area contributed by atoms with E-state index in [2.05, 4.69) is 15.9 Å². The van der Waals surface area contributed by atoms with Gasteiger partial charge in [-0.25, -0.2) is 9.18 Å². The molecule has 0 saturated heterocycles. The number of aromatic carboxylic acids is 1. The fourth-order valence-electron chi connectivity index (χ4n) is 1.72. The van der Waals surface area contributed by atoms with E-state index >= 15 is 0 Å². The van der Waals surface area contributed by atoms with Crippen molar-refractivity contribution in [3.63, 3.8) is 0 Å². The third-order valence-electron chi connectivity index (χ3n) is 2.68. The molecule has 1 aromatic heterocycles. The summed E-state index contributed by atoms with van der Waals surface area (Å²) >= 11 is 4.59. The Morgan fingerprint density at radius 1 is 1.47 bits per heavy atom. The van der Waals surface area contributed by atoms with E-state index in [-0.39, 0.29) is 10.0 Å². The number of hydrogen-bond acceptors (Lipinski definition) is 3. The lowest BCUT2D eigenvalue weighted by Gasteiger charge is -2.20. The number of benzene rings is 1. The molecule has 2 aromatic rings. The maximum atomic E-state index is 14.2. The van der Waals surface area contributed by atoms with Gasteiger partial charge in [0.2, 0.25) is 0 Å². The molecule has 1 heterocycles. The maximum Gasteiger partial charge on any atom is 0.336 e. The van der Waals surface area contributed by atoms with Crippen LogP contribution in [-0.4, -0.2) is 18.1 Å². The lowest BCUT2D eigenvalue weighted by Crippen LogP contribution is -2.17. The van der Waals surface area contributed by atoms with Crippen molar-refractivity contribution < 1.29 is 14.3 Å². The molecule has 100 valence electrons. The summed E-state index contributed by atoms with van der Waals surface area (Å²) in [4.78, 5) is 13.8. The van der Waals surface area contributed by atoms with Crippen LogP contribution in [0.2, 0.25) is 0 Å². The number of carboxylic acids is 1. The van der Waals surface area contributed by atoms with Crippen LogP contribution in [0.4, 0.5) is 10.1 Å². The van der Waals surface area contributed by atoms with Gasteiger partial charge in [-0.2, -0.15) is 0 Å². The molecule has 19 heavy (non-hydrogen) atoms. The summed E-state index contributed by atoms with van der Waals surface area (Å²) in [6.07, 6.45) is 0. The van der Waals surface area contributed by atoms with Crippen LogP contribution in [0.15, 0.2) is 34.1 Å².